The van der Waals surface area contributed by atoms with Crippen molar-refractivity contribution in [1.29, 1.82) is 0 Å². The first-order chi connectivity index (χ1) is 21.2. The number of ether oxygens (including phenoxy) is 2. The Balaban J connectivity index is 0.000000177. The minimum absolute atomic E-state index is 0. The molecule has 10 heteroatoms. The largest absolute Gasteiger partial charge is 0.431 e. The van der Waals surface area contributed by atoms with E-state index in [0.29, 0.717) is 25.2 Å². The second-order valence-corrected chi connectivity index (χ2v) is 16.2. The number of nitrogens with zero attached hydrogens (tertiary/aromatic N) is 1. The normalized spacial score (nSPS) is 45.8. The van der Waals surface area contributed by atoms with Gasteiger partial charge in [0.2, 0.25) is 0 Å². The molecule has 2 radical (unpaired) electrons. The standard InChI is InChI=1S/C19H26NO3.C18H23O4.2Y/c1-18-7-4-5-11(18)16-12(6-8-18)19(2)10-15(21)14(20-3)9-13(19)17(22)23-16;1-17-6-3-4-10(17)15-11(5-7-17)18(2)9-14(20)13(19)8-12(18)16(21)22-15;;/h7,11,13,15,21H,4-6,8-10H2,1-3H3;6,11-12,14,20H,3-5,7-9H2,1-2H3;;/q2*-1;;. The molecule has 2 aliphatic heterocycles. The number of aliphatic hydroxyl groups excluding tert-OH is 2. The minimum atomic E-state index is -0.929. The summed E-state index contributed by atoms with van der Waals surface area (Å²) in [7, 11) is 1.69. The van der Waals surface area contributed by atoms with Crippen LogP contribution in [0, 0.1) is 58.2 Å². The van der Waals surface area contributed by atoms with Crippen molar-refractivity contribution >= 4 is 23.4 Å². The quantitative estimate of drug-likeness (QED) is 0.242. The number of hydrogen-bond donors (Lipinski definition) is 2. The van der Waals surface area contributed by atoms with Crippen molar-refractivity contribution in [2.75, 3.05) is 7.05 Å². The number of allylic oxidation sites excluding steroid dienone is 4. The van der Waals surface area contributed by atoms with E-state index in [-0.39, 0.29) is 123 Å². The van der Waals surface area contributed by atoms with Crippen molar-refractivity contribution in [2.45, 2.75) is 117 Å². The number of rotatable bonds is 0. The number of esters is 2. The number of aliphatic imine (C=N–C) groups is 1. The maximum Gasteiger partial charge on any atom is 0.315 e. The van der Waals surface area contributed by atoms with Crippen molar-refractivity contribution in [3.05, 3.63) is 35.5 Å². The molecule has 0 bridgehead atoms. The number of ketones is 1. The predicted octanol–water partition coefficient (Wildman–Crippen LogP) is 5.61. The van der Waals surface area contributed by atoms with E-state index in [1.54, 1.807) is 7.05 Å². The van der Waals surface area contributed by atoms with Gasteiger partial charge in [-0.05, 0) is 42.6 Å². The fourth-order valence-electron chi connectivity index (χ4n) is 10.8. The molecule has 1 saturated heterocycles. The van der Waals surface area contributed by atoms with Crippen LogP contribution in [0.3, 0.4) is 0 Å². The molecule has 252 valence electrons. The van der Waals surface area contributed by atoms with E-state index >= 15 is 0 Å². The van der Waals surface area contributed by atoms with Crippen LogP contribution >= 0.6 is 0 Å². The molecule has 10 atom stereocenters. The van der Waals surface area contributed by atoms with Gasteiger partial charge in [0.25, 0.3) is 0 Å². The number of fused-ring (bicyclic) bond motifs is 8. The van der Waals surface area contributed by atoms with Crippen LogP contribution in [0.5, 0.6) is 0 Å². The fraction of sp³-hybridized carbons (Fsp3) is 0.730. The summed E-state index contributed by atoms with van der Waals surface area (Å²) >= 11 is 0. The van der Waals surface area contributed by atoms with Crippen LogP contribution in [0.1, 0.15) is 105 Å². The van der Waals surface area contributed by atoms with Crippen molar-refractivity contribution in [3.8, 4) is 0 Å². The molecular weight excluding hydrogens is 748 g/mol. The van der Waals surface area contributed by atoms with Gasteiger partial charge in [0.1, 0.15) is 17.6 Å². The molecule has 6 aliphatic carbocycles. The summed E-state index contributed by atoms with van der Waals surface area (Å²) in [5.74, 6) is 1.12. The predicted molar refractivity (Wildman–Crippen MR) is 167 cm³/mol. The third kappa shape index (κ3) is 5.95. The topological polar surface area (TPSA) is 122 Å². The maximum atomic E-state index is 12.7. The Morgan fingerprint density at radius 2 is 1.43 bits per heavy atom. The molecule has 8 nitrogen and oxygen atoms in total. The SMILES string of the molecule is CC12[CH-]CCC1=C1OC(=O)C3CC(=O)C(O)CC3(C)C1CC2.CN=C1CC2C(=O)OC3=C(CCC4(C)[CH-]CCC34)C2(C)CC1O.[Y].[Y]. The maximum absolute atomic E-state index is 12.7. The zero-order valence-corrected chi connectivity index (χ0v) is 34.3. The molecule has 8 rings (SSSR count). The smallest absolute Gasteiger partial charge is 0.315 e. The van der Waals surface area contributed by atoms with E-state index in [0.717, 1.165) is 68.6 Å². The molecule has 2 N–H and O–H groups in total. The molecule has 2 heterocycles. The van der Waals surface area contributed by atoms with Gasteiger partial charge in [0.05, 0.1) is 17.9 Å². The number of carbonyl (C=O) groups is 3. The Labute approximate surface area is 329 Å². The molecule has 5 fully saturated rings. The second-order valence-electron chi connectivity index (χ2n) is 16.2. The van der Waals surface area contributed by atoms with Gasteiger partial charge < -0.3 is 32.5 Å². The minimum Gasteiger partial charge on any atom is -0.431 e. The number of Topliss-reactive ketones (excluding diaryl/α,β-unsaturated/α-hetero) is 1. The van der Waals surface area contributed by atoms with E-state index in [1.165, 1.54) is 11.1 Å². The van der Waals surface area contributed by atoms with Gasteiger partial charge in [0, 0.05) is 102 Å². The zero-order valence-electron chi connectivity index (χ0n) is 28.6. The third-order valence-electron chi connectivity index (χ3n) is 13.8. The van der Waals surface area contributed by atoms with Gasteiger partial charge >= 0.3 is 11.9 Å². The number of aliphatic hydroxyl groups is 2. The first kappa shape index (κ1) is 38.1. The van der Waals surface area contributed by atoms with Crippen molar-refractivity contribution < 1.29 is 99.5 Å². The Hall–Kier alpha value is -0.112. The van der Waals surface area contributed by atoms with Crippen LogP contribution in [0.4, 0.5) is 0 Å². The van der Waals surface area contributed by atoms with Crippen molar-refractivity contribution in [2.24, 2.45) is 50.3 Å². The molecular formula is C37H49NO7Y2-2. The van der Waals surface area contributed by atoms with Gasteiger partial charge in [-0.1, -0.05) is 59.0 Å². The summed E-state index contributed by atoms with van der Waals surface area (Å²) in [6.07, 6.45) is 13.3. The van der Waals surface area contributed by atoms with E-state index < -0.39 is 18.1 Å². The van der Waals surface area contributed by atoms with Crippen LogP contribution in [0.2, 0.25) is 0 Å². The van der Waals surface area contributed by atoms with Crippen LogP contribution in [0.25, 0.3) is 0 Å². The van der Waals surface area contributed by atoms with E-state index in [2.05, 4.69) is 45.5 Å². The van der Waals surface area contributed by atoms with Gasteiger partial charge in [-0.25, -0.2) is 0 Å². The molecule has 0 aromatic rings. The first-order valence-corrected chi connectivity index (χ1v) is 17.2. The Bertz CT molecular complexity index is 1440. The average molecular weight is 798 g/mol. The van der Waals surface area contributed by atoms with Gasteiger partial charge in [-0.3, -0.25) is 19.4 Å². The summed E-state index contributed by atoms with van der Waals surface area (Å²) in [5.41, 5.74) is 2.93. The number of hydrogen-bond acceptors (Lipinski definition) is 8. The van der Waals surface area contributed by atoms with Crippen LogP contribution < -0.4 is 0 Å². The summed E-state index contributed by atoms with van der Waals surface area (Å²) < 4.78 is 11.7. The Kier molecular flexibility index (Phi) is 10.9. The van der Waals surface area contributed by atoms with Crippen LogP contribution in [0.15, 0.2) is 27.7 Å². The average Bonchev–Trinajstić information content (AvgIpc) is 3.57. The van der Waals surface area contributed by atoms with Crippen LogP contribution in [-0.4, -0.2) is 52.9 Å². The van der Waals surface area contributed by atoms with E-state index in [9.17, 15) is 24.6 Å². The van der Waals surface area contributed by atoms with Crippen molar-refractivity contribution in [1.82, 2.24) is 0 Å². The Morgan fingerprint density at radius 3 is 2.13 bits per heavy atom. The van der Waals surface area contributed by atoms with E-state index in [1.807, 2.05) is 0 Å². The summed E-state index contributed by atoms with van der Waals surface area (Å²) in [6, 6.07) is 0. The monoisotopic (exact) mass is 797 g/mol. The Morgan fingerprint density at radius 1 is 0.745 bits per heavy atom. The van der Waals surface area contributed by atoms with Crippen LogP contribution in [-0.2, 0) is 89.3 Å². The molecule has 0 amide bonds. The molecule has 10 unspecified atom stereocenters. The van der Waals surface area contributed by atoms with Gasteiger partial charge in [-0.15, -0.1) is 10.8 Å². The molecule has 4 saturated carbocycles. The van der Waals surface area contributed by atoms with E-state index in [4.69, 9.17) is 9.47 Å². The first-order valence-electron chi connectivity index (χ1n) is 17.2. The molecule has 0 spiro atoms. The fourth-order valence-corrected chi connectivity index (χ4v) is 10.8. The zero-order chi connectivity index (χ0) is 32.1. The summed E-state index contributed by atoms with van der Waals surface area (Å²) in [4.78, 5) is 41.3. The second kappa shape index (κ2) is 13.5. The number of carbonyl (C=O) groups excluding carboxylic acids is 3. The molecule has 47 heavy (non-hydrogen) atoms. The molecule has 8 aliphatic rings. The third-order valence-corrected chi connectivity index (χ3v) is 13.8. The molecule has 0 aromatic carbocycles. The summed E-state index contributed by atoms with van der Waals surface area (Å²) in [6.45, 7) is 8.76. The van der Waals surface area contributed by atoms with Gasteiger partial charge in [-0.2, -0.15) is 12.8 Å². The molecule has 0 aromatic heterocycles. The van der Waals surface area contributed by atoms with Gasteiger partial charge in [0.15, 0.2) is 5.78 Å². The summed E-state index contributed by atoms with van der Waals surface area (Å²) in [5, 5.41) is 20.5. The van der Waals surface area contributed by atoms with Crippen molar-refractivity contribution in [3.63, 3.8) is 0 Å².